The van der Waals surface area contributed by atoms with Crippen LogP contribution in [0.5, 0.6) is 5.75 Å². The first-order chi connectivity index (χ1) is 26.0. The number of anilines is 2. The lowest BCUT2D eigenvalue weighted by Gasteiger charge is -2.52. The van der Waals surface area contributed by atoms with E-state index in [1.807, 2.05) is 50.6 Å². The summed E-state index contributed by atoms with van der Waals surface area (Å²) in [6.45, 7) is 9.63. The van der Waals surface area contributed by atoms with Crippen molar-refractivity contribution < 1.29 is 22.7 Å². The molecule has 2 bridgehead atoms. The Hall–Kier alpha value is -3.71. The molecule has 3 aromatic rings. The van der Waals surface area contributed by atoms with Crippen molar-refractivity contribution >= 4 is 39.0 Å². The molecule has 2 aromatic carbocycles. The van der Waals surface area contributed by atoms with E-state index in [-0.39, 0.29) is 17.4 Å². The number of amides is 1. The largest absolute Gasteiger partial charge is 0.487 e. The van der Waals surface area contributed by atoms with E-state index in [4.69, 9.17) is 21.1 Å². The zero-order chi connectivity index (χ0) is 37.9. The van der Waals surface area contributed by atoms with Gasteiger partial charge in [0.05, 0.1) is 17.1 Å². The van der Waals surface area contributed by atoms with E-state index in [0.29, 0.717) is 29.7 Å². The van der Waals surface area contributed by atoms with Crippen LogP contribution in [0, 0.1) is 17.8 Å². The number of piperazine rings is 1. The molecule has 1 aliphatic carbocycles. The number of fused-ring (bicyclic) bond motifs is 3. The molecule has 0 unspecified atom stereocenters. The number of nitrogens with zero attached hydrogens (tertiary/aromatic N) is 5. The number of nitrogens with one attached hydrogen (secondary N) is 1. The third-order valence-electron chi connectivity index (χ3n) is 12.3. The van der Waals surface area contributed by atoms with Gasteiger partial charge in [-0.1, -0.05) is 36.7 Å². The number of benzene rings is 2. The van der Waals surface area contributed by atoms with Gasteiger partial charge in [-0.3, -0.25) is 14.7 Å². The highest BCUT2D eigenvalue weighted by Gasteiger charge is 2.48. The molecular formula is C41H53ClN6O5S. The standard InChI is InChI=1S/C41H53ClN6O5S/c1-29-7-6-15-41(52-3,28-46-19-21-47(22-20-46)39-25-43-16-17-44-39)36-13-10-33(36)26-48-18-5-4-8-31-23-35(42)12-9-34(31)27-53-38-14-11-32(24-37(38)48)40(49)45-54(50,51)30(29)2/h6,9,11-12,14-17,23-25,29-30,33,36H,4-5,7-8,10,13,18-22,26-28H2,1-3H3,(H,45,49)/b15-6+/t29-,30+,33-,36+,41+/m0/s1. The van der Waals surface area contributed by atoms with Gasteiger partial charge in [-0.15, -0.1) is 0 Å². The molecule has 0 spiro atoms. The maximum absolute atomic E-state index is 13.6. The lowest BCUT2D eigenvalue weighted by molar-refractivity contribution is -0.0919. The number of halogens is 1. The van der Waals surface area contributed by atoms with E-state index in [1.54, 1.807) is 25.4 Å². The molecule has 4 aliphatic rings. The summed E-state index contributed by atoms with van der Waals surface area (Å²) < 4.78 is 42.8. The molecule has 2 fully saturated rings. The Labute approximate surface area is 325 Å². The van der Waals surface area contributed by atoms with Crippen molar-refractivity contribution in [3.05, 3.63) is 88.9 Å². The lowest BCUT2D eigenvalue weighted by Crippen LogP contribution is -2.58. The van der Waals surface area contributed by atoms with Gasteiger partial charge in [0, 0.05) is 75.9 Å². The average Bonchev–Trinajstić information content (AvgIpc) is 3.19. The first kappa shape index (κ1) is 38.6. The normalized spacial score (nSPS) is 28.6. The van der Waals surface area contributed by atoms with Gasteiger partial charge < -0.3 is 19.3 Å². The van der Waals surface area contributed by atoms with Crippen molar-refractivity contribution in [3.8, 4) is 5.75 Å². The lowest BCUT2D eigenvalue weighted by atomic mass is 9.63. The number of hydrogen-bond acceptors (Lipinski definition) is 10. The van der Waals surface area contributed by atoms with Crippen LogP contribution in [-0.2, 0) is 27.8 Å². The summed E-state index contributed by atoms with van der Waals surface area (Å²) in [5.74, 6) is 1.25. The van der Waals surface area contributed by atoms with E-state index in [0.717, 1.165) is 95.0 Å². The quantitative estimate of drug-likeness (QED) is 0.311. The van der Waals surface area contributed by atoms with Gasteiger partial charge in [-0.2, -0.15) is 0 Å². The molecule has 54 heavy (non-hydrogen) atoms. The highest BCUT2D eigenvalue weighted by molar-refractivity contribution is 7.90. The molecule has 7 rings (SSSR count). The van der Waals surface area contributed by atoms with Crippen LogP contribution in [0.25, 0.3) is 0 Å². The summed E-state index contributed by atoms with van der Waals surface area (Å²) >= 11 is 6.41. The second kappa shape index (κ2) is 16.6. The average molecular weight is 777 g/mol. The molecule has 13 heteroatoms. The van der Waals surface area contributed by atoms with E-state index >= 15 is 0 Å². The third-order valence-corrected chi connectivity index (χ3v) is 14.4. The highest BCUT2D eigenvalue weighted by Crippen LogP contribution is 2.47. The highest BCUT2D eigenvalue weighted by atomic mass is 35.5. The van der Waals surface area contributed by atoms with E-state index < -0.39 is 26.8 Å². The number of sulfonamides is 1. The molecule has 3 aliphatic heterocycles. The molecule has 11 nitrogen and oxygen atoms in total. The van der Waals surface area contributed by atoms with Crippen LogP contribution in [0.2, 0.25) is 5.02 Å². The second-order valence-electron chi connectivity index (χ2n) is 15.5. The van der Waals surface area contributed by atoms with Crippen molar-refractivity contribution in [3.63, 3.8) is 0 Å². The van der Waals surface area contributed by atoms with Crippen molar-refractivity contribution in [1.82, 2.24) is 19.6 Å². The SMILES string of the molecule is CO[C@@]1(CN2CCN(c3cnccn3)CC2)/C=C/C[C@H](C)[C@@H](C)S(=O)(=O)NC(=O)c2ccc3c(c2)N(CCCCc2cc(Cl)ccc2CO3)C[C@@H]2CC[C@H]21. The Morgan fingerprint density at radius 1 is 1.00 bits per heavy atom. The molecule has 1 aromatic heterocycles. The Morgan fingerprint density at radius 3 is 2.57 bits per heavy atom. The Bertz CT molecular complexity index is 1920. The van der Waals surface area contributed by atoms with Crippen LogP contribution in [0.4, 0.5) is 11.5 Å². The fourth-order valence-corrected chi connectivity index (χ4v) is 10.1. The van der Waals surface area contributed by atoms with Gasteiger partial charge in [0.15, 0.2) is 0 Å². The van der Waals surface area contributed by atoms with Crippen molar-refractivity contribution in [2.24, 2.45) is 17.8 Å². The molecule has 1 N–H and O–H groups in total. The molecular weight excluding hydrogens is 724 g/mol. The smallest absolute Gasteiger partial charge is 0.264 e. The van der Waals surface area contributed by atoms with Crippen molar-refractivity contribution in [1.29, 1.82) is 0 Å². The Morgan fingerprint density at radius 2 is 1.83 bits per heavy atom. The Kier molecular flexibility index (Phi) is 11.8. The van der Waals surface area contributed by atoms with Gasteiger partial charge in [-0.25, -0.2) is 18.1 Å². The van der Waals surface area contributed by atoms with Gasteiger partial charge in [0.1, 0.15) is 23.8 Å². The maximum atomic E-state index is 13.6. The topological polar surface area (TPSA) is 117 Å². The fraction of sp³-hybridized carbons (Fsp3) is 0.537. The number of rotatable bonds is 4. The number of aromatic nitrogens is 2. The molecule has 1 amide bonds. The minimum Gasteiger partial charge on any atom is -0.487 e. The monoisotopic (exact) mass is 776 g/mol. The predicted octanol–water partition coefficient (Wildman–Crippen LogP) is 6.13. The van der Waals surface area contributed by atoms with Crippen LogP contribution in [-0.4, -0.2) is 93.0 Å². The summed E-state index contributed by atoms with van der Waals surface area (Å²) in [6.07, 6.45) is 15.0. The summed E-state index contributed by atoms with van der Waals surface area (Å²) in [5.41, 5.74) is 2.78. The van der Waals surface area contributed by atoms with Gasteiger partial charge in [0.2, 0.25) is 10.0 Å². The Balaban J connectivity index is 1.22. The molecule has 290 valence electrons. The van der Waals surface area contributed by atoms with Crippen LogP contribution in [0.3, 0.4) is 0 Å². The first-order valence-electron chi connectivity index (χ1n) is 19.4. The molecule has 5 atom stereocenters. The summed E-state index contributed by atoms with van der Waals surface area (Å²) in [6, 6.07) is 11.2. The van der Waals surface area contributed by atoms with Crippen molar-refractivity contribution in [2.45, 2.75) is 69.8 Å². The second-order valence-corrected chi connectivity index (χ2v) is 18.0. The van der Waals surface area contributed by atoms with Crippen molar-refractivity contribution in [2.75, 3.05) is 62.7 Å². The van der Waals surface area contributed by atoms with E-state index in [9.17, 15) is 13.2 Å². The fourth-order valence-electron chi connectivity index (χ4n) is 8.57. The summed E-state index contributed by atoms with van der Waals surface area (Å²) in [5, 5.41) is -0.0849. The predicted molar refractivity (Wildman–Crippen MR) is 213 cm³/mol. The molecule has 4 heterocycles. The summed E-state index contributed by atoms with van der Waals surface area (Å²) in [4.78, 5) is 29.5. The first-order valence-corrected chi connectivity index (χ1v) is 21.3. The number of allylic oxidation sites excluding steroid dienone is 1. The van der Waals surface area contributed by atoms with Crippen LogP contribution >= 0.6 is 11.6 Å². The number of carbonyl (C=O) groups excluding carboxylic acids is 1. The number of methoxy groups -OCH3 is 1. The van der Waals surface area contributed by atoms with E-state index in [2.05, 4.69) is 41.5 Å². The van der Waals surface area contributed by atoms with Crippen LogP contribution in [0.15, 0.2) is 67.1 Å². The summed E-state index contributed by atoms with van der Waals surface area (Å²) in [7, 11) is -2.15. The van der Waals surface area contributed by atoms with E-state index in [1.165, 1.54) is 5.56 Å². The van der Waals surface area contributed by atoms with Crippen LogP contribution < -0.4 is 19.3 Å². The number of hydrogen-bond donors (Lipinski definition) is 1. The minimum absolute atomic E-state index is 0.238. The maximum Gasteiger partial charge on any atom is 0.264 e. The third kappa shape index (κ3) is 8.41. The van der Waals surface area contributed by atoms with Crippen LogP contribution in [0.1, 0.15) is 67.4 Å². The number of aryl methyl sites for hydroxylation is 1. The minimum atomic E-state index is -3.97. The zero-order valence-corrected chi connectivity index (χ0v) is 33.2. The number of carbonyl (C=O) groups is 1. The zero-order valence-electron chi connectivity index (χ0n) is 31.6. The molecule has 0 radical (unpaired) electrons. The van der Waals surface area contributed by atoms with Gasteiger partial charge >= 0.3 is 0 Å². The number of ether oxygens (including phenoxy) is 2. The molecule has 1 saturated heterocycles. The van der Waals surface area contributed by atoms with Gasteiger partial charge in [-0.05, 0) is 105 Å². The van der Waals surface area contributed by atoms with Gasteiger partial charge in [0.25, 0.3) is 5.91 Å². The molecule has 1 saturated carbocycles.